The number of nitrogens with zero attached hydrogens (tertiary/aromatic N) is 5. The largest absolute Gasteiger partial charge is 0.481 e. The van der Waals surface area contributed by atoms with Crippen LogP contribution in [0.25, 0.3) is 11.0 Å². The molecule has 1 aromatic carbocycles. The minimum absolute atomic E-state index is 0.0579. The Bertz CT molecular complexity index is 1210. The topological polar surface area (TPSA) is 77.6 Å². The van der Waals surface area contributed by atoms with Crippen LogP contribution in [0.5, 0.6) is 5.75 Å². The SMILES string of the molecule is CN(C)C/C=C/C(=O)N1CCC(N(C)c2ncnc3[nH]c(C#CCOc4ccccc4)cc23)C1. The van der Waals surface area contributed by atoms with Crippen LogP contribution in [0.15, 0.2) is 54.9 Å². The quantitative estimate of drug-likeness (QED) is 0.433. The molecule has 8 nitrogen and oxygen atoms in total. The smallest absolute Gasteiger partial charge is 0.246 e. The van der Waals surface area contributed by atoms with Crippen molar-refractivity contribution in [3.05, 3.63) is 60.6 Å². The van der Waals surface area contributed by atoms with E-state index in [1.807, 2.05) is 73.4 Å². The minimum atomic E-state index is 0.0579. The normalized spacial score (nSPS) is 15.6. The first-order chi connectivity index (χ1) is 16.5. The van der Waals surface area contributed by atoms with Crippen molar-refractivity contribution in [1.29, 1.82) is 0 Å². The molecule has 34 heavy (non-hydrogen) atoms. The summed E-state index contributed by atoms with van der Waals surface area (Å²) in [6, 6.07) is 11.8. The molecule has 0 spiro atoms. The molecule has 1 fully saturated rings. The monoisotopic (exact) mass is 458 g/mol. The van der Waals surface area contributed by atoms with Gasteiger partial charge in [0.05, 0.1) is 11.1 Å². The van der Waals surface area contributed by atoms with E-state index < -0.39 is 0 Å². The van der Waals surface area contributed by atoms with Crippen molar-refractivity contribution in [3.8, 4) is 17.6 Å². The van der Waals surface area contributed by atoms with Crippen molar-refractivity contribution >= 4 is 22.8 Å². The third kappa shape index (κ3) is 5.74. The number of benzene rings is 1. The van der Waals surface area contributed by atoms with E-state index in [-0.39, 0.29) is 11.9 Å². The molecule has 1 amide bonds. The van der Waals surface area contributed by atoms with Crippen LogP contribution in [0.2, 0.25) is 0 Å². The molecule has 4 rings (SSSR count). The lowest BCUT2D eigenvalue weighted by Crippen LogP contribution is -2.36. The number of aromatic nitrogens is 3. The Morgan fingerprint density at radius 3 is 2.88 bits per heavy atom. The number of H-pyrrole nitrogens is 1. The van der Waals surface area contributed by atoms with Crippen molar-refractivity contribution in [1.82, 2.24) is 24.8 Å². The maximum absolute atomic E-state index is 12.5. The van der Waals surface area contributed by atoms with Gasteiger partial charge in [-0.2, -0.15) is 0 Å². The number of aromatic amines is 1. The van der Waals surface area contributed by atoms with Crippen molar-refractivity contribution in [3.63, 3.8) is 0 Å². The summed E-state index contributed by atoms with van der Waals surface area (Å²) in [7, 11) is 5.98. The molecular formula is C26H30N6O2. The summed E-state index contributed by atoms with van der Waals surface area (Å²) in [6.45, 7) is 2.45. The third-order valence-corrected chi connectivity index (χ3v) is 5.77. The van der Waals surface area contributed by atoms with Gasteiger partial charge in [0.25, 0.3) is 0 Å². The highest BCUT2D eigenvalue weighted by atomic mass is 16.5. The Balaban J connectivity index is 1.41. The van der Waals surface area contributed by atoms with Crippen LogP contribution in [-0.4, -0.2) is 84.1 Å². The number of carbonyl (C=O) groups is 1. The van der Waals surface area contributed by atoms with Crippen LogP contribution in [0, 0.1) is 11.8 Å². The Kier molecular flexibility index (Phi) is 7.45. The molecule has 0 aliphatic carbocycles. The molecule has 8 heteroatoms. The molecule has 1 atom stereocenters. The number of ether oxygens (including phenoxy) is 1. The number of fused-ring (bicyclic) bond motifs is 1. The molecule has 0 saturated carbocycles. The van der Waals surface area contributed by atoms with Crippen LogP contribution in [0.3, 0.4) is 0 Å². The van der Waals surface area contributed by atoms with E-state index in [0.29, 0.717) is 13.2 Å². The number of hydrogen-bond donors (Lipinski definition) is 1. The van der Waals surface area contributed by atoms with E-state index in [2.05, 4.69) is 31.7 Å². The number of para-hydroxylation sites is 1. The maximum Gasteiger partial charge on any atom is 0.246 e. The van der Waals surface area contributed by atoms with Crippen LogP contribution >= 0.6 is 0 Å². The molecule has 1 aliphatic rings. The highest BCUT2D eigenvalue weighted by Gasteiger charge is 2.29. The molecular weight excluding hydrogens is 428 g/mol. The molecule has 0 radical (unpaired) electrons. The van der Waals surface area contributed by atoms with Crippen LogP contribution in [0.1, 0.15) is 12.1 Å². The summed E-state index contributed by atoms with van der Waals surface area (Å²) in [5, 5.41) is 0.911. The first kappa shape index (κ1) is 23.3. The highest BCUT2D eigenvalue weighted by molar-refractivity contribution is 5.89. The molecule has 1 N–H and O–H groups in total. The van der Waals surface area contributed by atoms with E-state index in [1.54, 1.807) is 12.4 Å². The fourth-order valence-corrected chi connectivity index (χ4v) is 3.94. The highest BCUT2D eigenvalue weighted by Crippen LogP contribution is 2.27. The predicted molar refractivity (Wildman–Crippen MR) is 134 cm³/mol. The summed E-state index contributed by atoms with van der Waals surface area (Å²) in [5.74, 6) is 7.83. The Labute approximate surface area is 200 Å². The second-order valence-corrected chi connectivity index (χ2v) is 8.55. The lowest BCUT2D eigenvalue weighted by atomic mass is 10.2. The van der Waals surface area contributed by atoms with Crippen molar-refractivity contribution in [2.45, 2.75) is 12.5 Å². The fourth-order valence-electron chi connectivity index (χ4n) is 3.94. The zero-order chi connectivity index (χ0) is 23.9. The molecule has 3 aromatic rings. The minimum Gasteiger partial charge on any atom is -0.481 e. The Morgan fingerprint density at radius 1 is 1.26 bits per heavy atom. The molecule has 3 heterocycles. The lowest BCUT2D eigenvalue weighted by molar-refractivity contribution is -0.125. The first-order valence-electron chi connectivity index (χ1n) is 11.3. The van der Waals surface area contributed by atoms with Gasteiger partial charge in [-0.1, -0.05) is 30.2 Å². The zero-order valence-electron chi connectivity index (χ0n) is 19.9. The van der Waals surface area contributed by atoms with E-state index in [9.17, 15) is 4.79 Å². The van der Waals surface area contributed by atoms with Crippen LogP contribution < -0.4 is 9.64 Å². The van der Waals surface area contributed by atoms with Crippen molar-refractivity contribution in [2.24, 2.45) is 0 Å². The molecule has 1 aliphatic heterocycles. The van der Waals surface area contributed by atoms with Crippen LogP contribution in [0.4, 0.5) is 5.82 Å². The number of likely N-dealkylation sites (N-methyl/N-ethyl adjacent to an activating group) is 2. The van der Waals surface area contributed by atoms with Gasteiger partial charge in [0, 0.05) is 38.8 Å². The van der Waals surface area contributed by atoms with Gasteiger partial charge in [-0.15, -0.1) is 0 Å². The summed E-state index contributed by atoms with van der Waals surface area (Å²) in [5.41, 5.74) is 1.50. The average Bonchev–Trinajstić information content (AvgIpc) is 3.49. The molecule has 2 aromatic heterocycles. The summed E-state index contributed by atoms with van der Waals surface area (Å²) >= 11 is 0. The van der Waals surface area contributed by atoms with Gasteiger partial charge in [0.2, 0.25) is 5.91 Å². The number of carbonyl (C=O) groups excluding carboxylic acids is 1. The van der Waals surface area contributed by atoms with Gasteiger partial charge in [-0.25, -0.2) is 9.97 Å². The number of likely N-dealkylation sites (tertiary alicyclic amines) is 1. The maximum atomic E-state index is 12.5. The average molecular weight is 459 g/mol. The molecule has 1 saturated heterocycles. The number of nitrogens with one attached hydrogen (secondary N) is 1. The predicted octanol–water partition coefficient (Wildman–Crippen LogP) is 2.54. The Hall–Kier alpha value is -3.83. The number of hydrogen-bond acceptors (Lipinski definition) is 6. The van der Waals surface area contributed by atoms with Crippen LogP contribution in [-0.2, 0) is 4.79 Å². The number of rotatable bonds is 7. The van der Waals surface area contributed by atoms with E-state index in [1.165, 1.54) is 0 Å². The lowest BCUT2D eigenvalue weighted by Gasteiger charge is -2.26. The van der Waals surface area contributed by atoms with E-state index in [0.717, 1.165) is 47.8 Å². The zero-order valence-corrected chi connectivity index (χ0v) is 19.9. The molecule has 1 unspecified atom stereocenters. The van der Waals surface area contributed by atoms with Crippen molar-refractivity contribution < 1.29 is 9.53 Å². The first-order valence-corrected chi connectivity index (χ1v) is 11.3. The summed E-state index contributed by atoms with van der Waals surface area (Å²) in [4.78, 5) is 30.7. The Morgan fingerprint density at radius 2 is 2.09 bits per heavy atom. The van der Waals surface area contributed by atoms with Crippen molar-refractivity contribution in [2.75, 3.05) is 52.3 Å². The fraction of sp³-hybridized carbons (Fsp3) is 0.346. The van der Waals surface area contributed by atoms with Gasteiger partial charge < -0.3 is 24.4 Å². The summed E-state index contributed by atoms with van der Waals surface area (Å²) < 4.78 is 5.63. The van der Waals surface area contributed by atoms with Gasteiger partial charge in [-0.3, -0.25) is 4.79 Å². The van der Waals surface area contributed by atoms with E-state index in [4.69, 9.17) is 4.74 Å². The molecule has 0 bridgehead atoms. The second-order valence-electron chi connectivity index (χ2n) is 8.55. The molecule has 176 valence electrons. The van der Waals surface area contributed by atoms with Gasteiger partial charge in [-0.05, 0) is 44.6 Å². The van der Waals surface area contributed by atoms with Gasteiger partial charge >= 0.3 is 0 Å². The summed E-state index contributed by atoms with van der Waals surface area (Å²) in [6.07, 6.45) is 6.02. The van der Waals surface area contributed by atoms with Gasteiger partial charge in [0.15, 0.2) is 0 Å². The number of amides is 1. The third-order valence-electron chi connectivity index (χ3n) is 5.77. The second kappa shape index (κ2) is 10.9. The standard InChI is InChI=1S/C26H30N6O2/c1-30(2)14-7-12-24(33)32-15-13-21(18-32)31(3)26-23-17-20(29-25(23)27-19-28-26)9-8-16-34-22-10-5-4-6-11-22/h4-7,10-12,17,19,21H,13-16,18H2,1-3H3,(H,27,28,29)/b12-7+. The van der Waals surface area contributed by atoms with Gasteiger partial charge in [0.1, 0.15) is 30.1 Å². The number of anilines is 1. The van der Waals surface area contributed by atoms with E-state index >= 15 is 0 Å².